The van der Waals surface area contributed by atoms with Gasteiger partial charge in [-0.15, -0.1) is 0 Å². The molecule has 2 rings (SSSR count). The van der Waals surface area contributed by atoms with E-state index in [1.165, 1.54) is 0 Å². The quantitative estimate of drug-likeness (QED) is 0.818. The SMILES string of the molecule is Cc1ccc(Cl)cc1C(=O)Nc1ccc(N)cc1Cl. The molecule has 2 aromatic rings. The Kier molecular flexibility index (Phi) is 3.98. The summed E-state index contributed by atoms with van der Waals surface area (Å²) in [4.78, 5) is 12.2. The molecule has 0 saturated heterocycles. The molecule has 98 valence electrons. The molecule has 19 heavy (non-hydrogen) atoms. The average Bonchev–Trinajstić information content (AvgIpc) is 2.35. The molecule has 0 atom stereocenters. The molecule has 0 heterocycles. The Morgan fingerprint density at radius 1 is 1.16 bits per heavy atom. The van der Waals surface area contributed by atoms with Gasteiger partial charge in [0.1, 0.15) is 0 Å². The molecule has 0 saturated carbocycles. The van der Waals surface area contributed by atoms with Gasteiger partial charge in [-0.25, -0.2) is 0 Å². The first-order valence-electron chi connectivity index (χ1n) is 5.60. The van der Waals surface area contributed by atoms with E-state index in [2.05, 4.69) is 5.32 Å². The zero-order valence-corrected chi connectivity index (χ0v) is 11.7. The zero-order valence-electron chi connectivity index (χ0n) is 10.2. The van der Waals surface area contributed by atoms with Gasteiger partial charge in [0, 0.05) is 16.3 Å². The highest BCUT2D eigenvalue weighted by Crippen LogP contribution is 2.25. The van der Waals surface area contributed by atoms with Crippen molar-refractivity contribution in [3.05, 3.63) is 57.6 Å². The van der Waals surface area contributed by atoms with Crippen LogP contribution in [0.2, 0.25) is 10.0 Å². The van der Waals surface area contributed by atoms with Crippen molar-refractivity contribution in [1.29, 1.82) is 0 Å². The fourth-order valence-electron chi connectivity index (χ4n) is 1.66. The van der Waals surface area contributed by atoms with Crippen molar-refractivity contribution in [2.45, 2.75) is 6.92 Å². The third kappa shape index (κ3) is 3.19. The number of rotatable bonds is 2. The predicted molar refractivity (Wildman–Crippen MR) is 80.0 cm³/mol. The summed E-state index contributed by atoms with van der Waals surface area (Å²) in [6.45, 7) is 1.84. The van der Waals surface area contributed by atoms with Crippen LogP contribution in [0.25, 0.3) is 0 Å². The number of amides is 1. The summed E-state index contributed by atoms with van der Waals surface area (Å²) in [5, 5.41) is 3.65. The molecule has 0 aliphatic rings. The number of benzene rings is 2. The number of hydrogen-bond acceptors (Lipinski definition) is 2. The second kappa shape index (κ2) is 5.51. The molecule has 0 aliphatic heterocycles. The molecular weight excluding hydrogens is 283 g/mol. The number of anilines is 2. The van der Waals surface area contributed by atoms with Crippen molar-refractivity contribution in [1.82, 2.24) is 0 Å². The molecule has 1 amide bonds. The van der Waals surface area contributed by atoms with Gasteiger partial charge in [0.25, 0.3) is 5.91 Å². The number of nitrogen functional groups attached to an aromatic ring is 1. The van der Waals surface area contributed by atoms with Gasteiger partial charge in [-0.3, -0.25) is 4.79 Å². The van der Waals surface area contributed by atoms with Crippen LogP contribution >= 0.6 is 23.2 Å². The Morgan fingerprint density at radius 3 is 2.58 bits per heavy atom. The van der Waals surface area contributed by atoms with E-state index in [1.54, 1.807) is 36.4 Å². The summed E-state index contributed by atoms with van der Waals surface area (Å²) in [5.74, 6) is -0.258. The maximum absolute atomic E-state index is 12.2. The summed E-state index contributed by atoms with van der Waals surface area (Å²) in [7, 11) is 0. The highest BCUT2D eigenvalue weighted by atomic mass is 35.5. The maximum Gasteiger partial charge on any atom is 0.256 e. The standard InChI is InChI=1S/C14H12Cl2N2O/c1-8-2-3-9(15)6-11(8)14(19)18-13-5-4-10(17)7-12(13)16/h2-7H,17H2,1H3,(H,18,19). The van der Waals surface area contributed by atoms with E-state index in [0.29, 0.717) is 27.0 Å². The largest absolute Gasteiger partial charge is 0.399 e. The van der Waals surface area contributed by atoms with Crippen LogP contribution in [-0.2, 0) is 0 Å². The molecule has 0 radical (unpaired) electrons. The second-order valence-corrected chi connectivity index (χ2v) is 5.00. The Labute approximate surface area is 121 Å². The molecule has 0 unspecified atom stereocenters. The lowest BCUT2D eigenvalue weighted by atomic mass is 10.1. The minimum Gasteiger partial charge on any atom is -0.399 e. The lowest BCUT2D eigenvalue weighted by Gasteiger charge is -2.10. The summed E-state index contributed by atoms with van der Waals surface area (Å²) in [5.41, 5.74) is 8.01. The number of carbonyl (C=O) groups excluding carboxylic acids is 1. The van der Waals surface area contributed by atoms with Crippen molar-refractivity contribution in [2.24, 2.45) is 0 Å². The van der Waals surface area contributed by atoms with Gasteiger partial charge in [0.2, 0.25) is 0 Å². The minimum atomic E-state index is -0.258. The van der Waals surface area contributed by atoms with Gasteiger partial charge in [-0.05, 0) is 42.8 Å². The van der Waals surface area contributed by atoms with Crippen molar-refractivity contribution >= 4 is 40.5 Å². The van der Waals surface area contributed by atoms with Gasteiger partial charge >= 0.3 is 0 Å². The van der Waals surface area contributed by atoms with Crippen LogP contribution < -0.4 is 11.1 Å². The topological polar surface area (TPSA) is 55.1 Å². The van der Waals surface area contributed by atoms with Gasteiger partial charge < -0.3 is 11.1 Å². The first-order valence-corrected chi connectivity index (χ1v) is 6.35. The smallest absolute Gasteiger partial charge is 0.256 e. The van der Waals surface area contributed by atoms with Crippen molar-refractivity contribution in [3.8, 4) is 0 Å². The normalized spacial score (nSPS) is 10.3. The highest BCUT2D eigenvalue weighted by molar-refractivity contribution is 6.34. The van der Waals surface area contributed by atoms with Crippen LogP contribution in [0.3, 0.4) is 0 Å². The van der Waals surface area contributed by atoms with Crippen molar-refractivity contribution in [3.63, 3.8) is 0 Å². The fourth-order valence-corrected chi connectivity index (χ4v) is 2.07. The van der Waals surface area contributed by atoms with Crippen molar-refractivity contribution in [2.75, 3.05) is 11.1 Å². The van der Waals surface area contributed by atoms with E-state index in [0.717, 1.165) is 5.56 Å². The Balaban J connectivity index is 2.28. The van der Waals surface area contributed by atoms with Crippen LogP contribution in [0.5, 0.6) is 0 Å². The second-order valence-electron chi connectivity index (χ2n) is 4.15. The lowest BCUT2D eigenvalue weighted by molar-refractivity contribution is 0.102. The summed E-state index contributed by atoms with van der Waals surface area (Å²) in [6.07, 6.45) is 0. The van der Waals surface area contributed by atoms with Gasteiger partial charge in [-0.2, -0.15) is 0 Å². The van der Waals surface area contributed by atoms with Crippen LogP contribution in [0, 0.1) is 6.92 Å². The molecule has 3 N–H and O–H groups in total. The Bertz CT molecular complexity index is 641. The first kappa shape index (κ1) is 13.7. The van der Waals surface area contributed by atoms with Gasteiger partial charge in [-0.1, -0.05) is 29.3 Å². The molecule has 0 aromatic heterocycles. The molecule has 5 heteroatoms. The Hall–Kier alpha value is -1.71. The van der Waals surface area contributed by atoms with Crippen LogP contribution in [0.15, 0.2) is 36.4 Å². The number of nitrogens with two attached hydrogens (primary N) is 1. The third-order valence-electron chi connectivity index (χ3n) is 2.69. The number of halogens is 2. The lowest BCUT2D eigenvalue weighted by Crippen LogP contribution is -2.13. The van der Waals surface area contributed by atoms with E-state index >= 15 is 0 Å². The zero-order chi connectivity index (χ0) is 14.0. The van der Waals surface area contributed by atoms with Gasteiger partial charge in [0.05, 0.1) is 10.7 Å². The fraction of sp³-hybridized carbons (Fsp3) is 0.0714. The Morgan fingerprint density at radius 2 is 1.89 bits per heavy atom. The molecular formula is C14H12Cl2N2O. The summed E-state index contributed by atoms with van der Waals surface area (Å²) >= 11 is 11.9. The molecule has 0 aliphatic carbocycles. The average molecular weight is 295 g/mol. The van der Waals surface area contributed by atoms with Crippen LogP contribution in [0.4, 0.5) is 11.4 Å². The van der Waals surface area contributed by atoms with Crippen molar-refractivity contribution < 1.29 is 4.79 Å². The first-order chi connectivity index (χ1) is 8.97. The molecule has 0 fully saturated rings. The van der Waals surface area contributed by atoms with E-state index in [4.69, 9.17) is 28.9 Å². The molecule has 0 spiro atoms. The maximum atomic E-state index is 12.2. The molecule has 3 nitrogen and oxygen atoms in total. The monoisotopic (exact) mass is 294 g/mol. The van der Waals surface area contributed by atoms with Crippen LogP contribution in [0.1, 0.15) is 15.9 Å². The summed E-state index contributed by atoms with van der Waals surface area (Å²) < 4.78 is 0. The minimum absolute atomic E-state index is 0.258. The third-order valence-corrected chi connectivity index (χ3v) is 3.23. The number of aryl methyl sites for hydroxylation is 1. The van der Waals surface area contributed by atoms with E-state index in [1.807, 2.05) is 6.92 Å². The number of hydrogen-bond donors (Lipinski definition) is 2. The number of carbonyl (C=O) groups is 1. The van der Waals surface area contributed by atoms with E-state index < -0.39 is 0 Å². The number of nitrogens with one attached hydrogen (secondary N) is 1. The molecule has 0 bridgehead atoms. The highest BCUT2D eigenvalue weighted by Gasteiger charge is 2.11. The molecule has 2 aromatic carbocycles. The summed E-state index contributed by atoms with van der Waals surface area (Å²) in [6, 6.07) is 10.1. The van der Waals surface area contributed by atoms with Crippen LogP contribution in [-0.4, -0.2) is 5.91 Å². The van der Waals surface area contributed by atoms with E-state index in [9.17, 15) is 4.79 Å². The predicted octanol–water partition coefficient (Wildman–Crippen LogP) is 4.14. The van der Waals surface area contributed by atoms with Gasteiger partial charge in [0.15, 0.2) is 0 Å². The van der Waals surface area contributed by atoms with E-state index in [-0.39, 0.29) is 5.91 Å².